The van der Waals surface area contributed by atoms with Gasteiger partial charge >= 0.3 is 6.09 Å². The van der Waals surface area contributed by atoms with Crippen molar-refractivity contribution in [1.29, 1.82) is 0 Å². The summed E-state index contributed by atoms with van der Waals surface area (Å²) < 4.78 is 11.4. The summed E-state index contributed by atoms with van der Waals surface area (Å²) >= 11 is 0. The van der Waals surface area contributed by atoms with Crippen molar-refractivity contribution in [2.45, 2.75) is 64.3 Å². The van der Waals surface area contributed by atoms with Crippen molar-refractivity contribution in [3.8, 4) is 0 Å². The van der Waals surface area contributed by atoms with Crippen molar-refractivity contribution in [1.82, 2.24) is 15.2 Å². The van der Waals surface area contributed by atoms with E-state index in [-0.39, 0.29) is 12.6 Å². The molecule has 1 saturated heterocycles. The largest absolute Gasteiger partial charge is 0.444 e. The number of aliphatic hydroxyl groups is 1. The zero-order valence-corrected chi connectivity index (χ0v) is 17.4. The monoisotopic (exact) mass is 401 g/mol. The number of hydrogen-bond acceptors (Lipinski definition) is 6. The predicted molar refractivity (Wildman–Crippen MR) is 109 cm³/mol. The van der Waals surface area contributed by atoms with Crippen LogP contribution in [0, 0.1) is 0 Å². The fourth-order valence-electron chi connectivity index (χ4n) is 3.57. The minimum atomic E-state index is -0.585. The van der Waals surface area contributed by atoms with E-state index in [0.717, 1.165) is 30.7 Å². The van der Waals surface area contributed by atoms with Gasteiger partial charge < -0.3 is 19.6 Å². The fraction of sp³-hybridized carbons (Fsp3) is 0.545. The number of hydrogen-bond donors (Lipinski definition) is 2. The number of nitrogens with zero attached hydrogens (tertiary/aromatic N) is 2. The molecule has 1 amide bonds. The van der Waals surface area contributed by atoms with Gasteiger partial charge in [0.2, 0.25) is 5.89 Å². The number of aromatic nitrogens is 1. The van der Waals surface area contributed by atoms with Crippen LogP contribution >= 0.6 is 0 Å². The molecule has 2 atom stereocenters. The molecule has 1 aliphatic rings. The standard InChI is InChI=1S/C22H31N3O4/c1-22(2,3)29-21(27)24-19(12-16-8-5-4-6-9-16)20-23-13-18(28-20)14-25-11-7-10-17(25)15-26/h4-6,8-9,13,17,19,26H,7,10-12,14-15H2,1-3H3,(H,24,27)/t17-,19-/m0/s1. The van der Waals surface area contributed by atoms with Gasteiger partial charge in [-0.3, -0.25) is 4.90 Å². The first-order valence-corrected chi connectivity index (χ1v) is 10.2. The number of aliphatic hydroxyl groups excluding tert-OH is 1. The lowest BCUT2D eigenvalue weighted by Gasteiger charge is -2.23. The first-order chi connectivity index (χ1) is 13.8. The van der Waals surface area contributed by atoms with E-state index in [1.165, 1.54) is 0 Å². The minimum Gasteiger partial charge on any atom is -0.444 e. The number of amides is 1. The summed E-state index contributed by atoms with van der Waals surface area (Å²) in [6.07, 6.45) is 3.81. The van der Waals surface area contributed by atoms with Crippen LogP contribution in [0.5, 0.6) is 0 Å². The van der Waals surface area contributed by atoms with Crippen molar-refractivity contribution in [3.05, 3.63) is 53.7 Å². The zero-order valence-electron chi connectivity index (χ0n) is 17.4. The second kappa shape index (κ2) is 9.41. The summed E-state index contributed by atoms with van der Waals surface area (Å²) in [5.41, 5.74) is 0.478. The molecule has 7 nitrogen and oxygen atoms in total. The molecule has 0 unspecified atom stereocenters. The highest BCUT2D eigenvalue weighted by Crippen LogP contribution is 2.23. The second-order valence-electron chi connectivity index (χ2n) is 8.50. The molecule has 0 spiro atoms. The lowest BCUT2D eigenvalue weighted by atomic mass is 10.1. The molecule has 2 aromatic rings. The van der Waals surface area contributed by atoms with E-state index in [1.807, 2.05) is 51.1 Å². The van der Waals surface area contributed by atoms with Crippen LogP contribution in [0.3, 0.4) is 0 Å². The molecule has 1 aromatic heterocycles. The molecule has 1 fully saturated rings. The predicted octanol–water partition coefficient (Wildman–Crippen LogP) is 3.44. The number of nitrogens with one attached hydrogen (secondary N) is 1. The van der Waals surface area contributed by atoms with Gasteiger partial charge in [0.25, 0.3) is 0 Å². The van der Waals surface area contributed by atoms with Crippen LogP contribution in [0.4, 0.5) is 4.79 Å². The van der Waals surface area contributed by atoms with E-state index in [0.29, 0.717) is 18.9 Å². The smallest absolute Gasteiger partial charge is 0.408 e. The van der Waals surface area contributed by atoms with Gasteiger partial charge in [-0.25, -0.2) is 9.78 Å². The molecular formula is C22H31N3O4. The van der Waals surface area contributed by atoms with Gasteiger partial charge in [-0.15, -0.1) is 0 Å². The SMILES string of the molecule is CC(C)(C)OC(=O)N[C@@H](Cc1ccccc1)c1ncc(CN2CCC[C@H]2CO)o1. The third-order valence-electron chi connectivity index (χ3n) is 4.91. The van der Waals surface area contributed by atoms with E-state index in [9.17, 15) is 9.90 Å². The van der Waals surface area contributed by atoms with E-state index in [4.69, 9.17) is 9.15 Å². The summed E-state index contributed by atoms with van der Waals surface area (Å²) in [4.78, 5) is 19.0. The Hall–Kier alpha value is -2.38. The first-order valence-electron chi connectivity index (χ1n) is 10.2. The molecule has 158 valence electrons. The maximum atomic E-state index is 12.4. The van der Waals surface area contributed by atoms with E-state index < -0.39 is 17.7 Å². The summed E-state index contributed by atoms with van der Waals surface area (Å²) in [7, 11) is 0. The Kier molecular flexibility index (Phi) is 6.92. The molecule has 0 bridgehead atoms. The van der Waals surface area contributed by atoms with Gasteiger partial charge in [0.1, 0.15) is 17.4 Å². The van der Waals surface area contributed by atoms with E-state index >= 15 is 0 Å². The highest BCUT2D eigenvalue weighted by molar-refractivity contribution is 5.68. The average Bonchev–Trinajstić information content (AvgIpc) is 3.30. The minimum absolute atomic E-state index is 0.151. The number of carbonyl (C=O) groups excluding carboxylic acids is 1. The summed E-state index contributed by atoms with van der Waals surface area (Å²) in [5.74, 6) is 1.18. The van der Waals surface area contributed by atoms with Crippen molar-refractivity contribution in [2.75, 3.05) is 13.2 Å². The summed E-state index contributed by atoms with van der Waals surface area (Å²) in [6.45, 7) is 7.17. The van der Waals surface area contributed by atoms with Gasteiger partial charge in [-0.05, 0) is 45.7 Å². The van der Waals surface area contributed by atoms with Crippen molar-refractivity contribution < 1.29 is 19.1 Å². The third-order valence-corrected chi connectivity index (χ3v) is 4.91. The van der Waals surface area contributed by atoms with Gasteiger partial charge in [0.05, 0.1) is 19.3 Å². The topological polar surface area (TPSA) is 87.8 Å². The number of rotatable bonds is 7. The van der Waals surface area contributed by atoms with Gasteiger partial charge in [0, 0.05) is 12.5 Å². The Morgan fingerprint density at radius 2 is 2.14 bits per heavy atom. The number of ether oxygens (including phenoxy) is 1. The lowest BCUT2D eigenvalue weighted by Crippen LogP contribution is -2.36. The highest BCUT2D eigenvalue weighted by atomic mass is 16.6. The fourth-order valence-corrected chi connectivity index (χ4v) is 3.57. The highest BCUT2D eigenvalue weighted by Gasteiger charge is 2.27. The van der Waals surface area contributed by atoms with Crippen LogP contribution in [-0.2, 0) is 17.7 Å². The molecule has 2 heterocycles. The molecule has 29 heavy (non-hydrogen) atoms. The maximum absolute atomic E-state index is 12.4. The summed E-state index contributed by atoms with van der Waals surface area (Å²) in [6, 6.07) is 9.62. The lowest BCUT2D eigenvalue weighted by molar-refractivity contribution is 0.0494. The number of alkyl carbamates (subject to hydrolysis) is 1. The molecule has 1 aromatic carbocycles. The molecular weight excluding hydrogens is 370 g/mol. The van der Waals surface area contributed by atoms with Gasteiger partial charge in [-0.1, -0.05) is 30.3 Å². The van der Waals surface area contributed by atoms with E-state index in [1.54, 1.807) is 6.20 Å². The number of oxazole rings is 1. The Bertz CT molecular complexity index is 785. The van der Waals surface area contributed by atoms with E-state index in [2.05, 4.69) is 15.2 Å². The summed E-state index contributed by atoms with van der Waals surface area (Å²) in [5, 5.41) is 12.4. The van der Waals surface area contributed by atoms with Crippen molar-refractivity contribution >= 4 is 6.09 Å². The van der Waals surface area contributed by atoms with Crippen LogP contribution in [0.2, 0.25) is 0 Å². The van der Waals surface area contributed by atoms with Crippen LogP contribution in [-0.4, -0.2) is 45.9 Å². The quantitative estimate of drug-likeness (QED) is 0.739. The zero-order chi connectivity index (χ0) is 20.9. The molecule has 3 rings (SSSR count). The first kappa shape index (κ1) is 21.3. The average molecular weight is 402 g/mol. The van der Waals surface area contributed by atoms with Crippen molar-refractivity contribution in [2.24, 2.45) is 0 Å². The van der Waals surface area contributed by atoms with Crippen LogP contribution < -0.4 is 5.32 Å². The van der Waals surface area contributed by atoms with Gasteiger partial charge in [0.15, 0.2) is 0 Å². The Morgan fingerprint density at radius 1 is 1.38 bits per heavy atom. The third kappa shape index (κ3) is 6.30. The van der Waals surface area contributed by atoms with Crippen LogP contribution in [0.25, 0.3) is 0 Å². The maximum Gasteiger partial charge on any atom is 0.408 e. The molecule has 0 radical (unpaired) electrons. The molecule has 2 N–H and O–H groups in total. The molecule has 0 aliphatic carbocycles. The molecule has 0 saturated carbocycles. The molecule has 1 aliphatic heterocycles. The van der Waals surface area contributed by atoms with Gasteiger partial charge in [-0.2, -0.15) is 0 Å². The Morgan fingerprint density at radius 3 is 2.83 bits per heavy atom. The molecule has 7 heteroatoms. The van der Waals surface area contributed by atoms with Crippen LogP contribution in [0.1, 0.15) is 56.9 Å². The van der Waals surface area contributed by atoms with Crippen molar-refractivity contribution in [3.63, 3.8) is 0 Å². The Balaban J connectivity index is 1.73. The number of likely N-dealkylation sites (tertiary alicyclic amines) is 1. The second-order valence-corrected chi connectivity index (χ2v) is 8.50. The Labute approximate surface area is 172 Å². The number of benzene rings is 1. The van der Waals surface area contributed by atoms with Crippen LogP contribution in [0.15, 0.2) is 40.9 Å². The normalized spacial score (nSPS) is 18.6. The number of carbonyl (C=O) groups is 1.